The molecule has 1 saturated heterocycles. The molecule has 4 rings (SSSR count). The lowest BCUT2D eigenvalue weighted by Gasteiger charge is -2.36. The van der Waals surface area contributed by atoms with Gasteiger partial charge in [-0.05, 0) is 63.5 Å². The second kappa shape index (κ2) is 7.48. The summed E-state index contributed by atoms with van der Waals surface area (Å²) in [7, 11) is 0. The van der Waals surface area contributed by atoms with Crippen LogP contribution in [0.3, 0.4) is 0 Å². The number of carbonyl (C=O) groups is 1. The monoisotopic (exact) mass is 345 g/mol. The van der Waals surface area contributed by atoms with Gasteiger partial charge in [0.05, 0.1) is 0 Å². The summed E-state index contributed by atoms with van der Waals surface area (Å²) in [6.45, 7) is 5.40. The first-order valence-corrected chi connectivity index (χ1v) is 10.2. The number of aromatic nitrogens is 1. The first-order valence-electron chi connectivity index (χ1n) is 10.2. The summed E-state index contributed by atoms with van der Waals surface area (Å²) in [5.74, 6) is 2.09. The largest absolute Gasteiger partial charge is 0.360 e. The van der Waals surface area contributed by atoms with Crippen molar-refractivity contribution in [3.05, 3.63) is 17.0 Å². The van der Waals surface area contributed by atoms with E-state index in [4.69, 9.17) is 4.52 Å². The number of likely N-dealkylation sites (tertiary alicyclic amines) is 1. The number of hydrogen-bond acceptors (Lipinski definition) is 4. The van der Waals surface area contributed by atoms with E-state index in [0.717, 1.165) is 43.2 Å². The lowest BCUT2D eigenvalue weighted by molar-refractivity contribution is 0.0915. The summed E-state index contributed by atoms with van der Waals surface area (Å²) in [6.07, 6.45) is 10.9. The van der Waals surface area contributed by atoms with Crippen LogP contribution in [0.5, 0.6) is 0 Å². The van der Waals surface area contributed by atoms with Crippen LogP contribution in [-0.2, 0) is 12.8 Å². The Labute approximate surface area is 150 Å². The van der Waals surface area contributed by atoms with Crippen molar-refractivity contribution in [3.63, 3.8) is 0 Å². The smallest absolute Gasteiger partial charge is 0.273 e. The lowest BCUT2D eigenvalue weighted by atomic mass is 9.88. The minimum atomic E-state index is -0.0441. The predicted molar refractivity (Wildman–Crippen MR) is 96.6 cm³/mol. The molecule has 1 atom stereocenters. The van der Waals surface area contributed by atoms with Crippen molar-refractivity contribution in [1.82, 2.24) is 15.4 Å². The second-order valence-electron chi connectivity index (χ2n) is 8.41. The van der Waals surface area contributed by atoms with Crippen molar-refractivity contribution in [2.24, 2.45) is 11.8 Å². The van der Waals surface area contributed by atoms with E-state index in [1.54, 1.807) is 0 Å². The molecule has 2 aliphatic carbocycles. The zero-order valence-electron chi connectivity index (χ0n) is 15.4. The standard InChI is InChI=1S/C20H31N3O2/c1-14-6-7-18-17(12-14)19(22-25-18)20(24)21-13-15-8-10-23(11-9-15)16-4-2-3-5-16/h14-16H,2-13H2,1H3,(H,21,24). The summed E-state index contributed by atoms with van der Waals surface area (Å²) in [6, 6.07) is 0.833. The molecule has 0 bridgehead atoms. The summed E-state index contributed by atoms with van der Waals surface area (Å²) in [4.78, 5) is 15.2. The fourth-order valence-electron chi connectivity index (χ4n) is 4.87. The summed E-state index contributed by atoms with van der Waals surface area (Å²) in [5.41, 5.74) is 1.58. The van der Waals surface area contributed by atoms with Crippen LogP contribution in [0.4, 0.5) is 0 Å². The van der Waals surface area contributed by atoms with Gasteiger partial charge in [-0.2, -0.15) is 0 Å². The number of aryl methyl sites for hydroxylation is 1. The third-order valence-corrected chi connectivity index (χ3v) is 6.54. The fourth-order valence-corrected chi connectivity index (χ4v) is 4.87. The molecule has 1 unspecified atom stereocenters. The topological polar surface area (TPSA) is 58.4 Å². The van der Waals surface area contributed by atoms with E-state index in [-0.39, 0.29) is 5.91 Å². The van der Waals surface area contributed by atoms with E-state index in [1.807, 2.05) is 0 Å². The highest BCUT2D eigenvalue weighted by Crippen LogP contribution is 2.29. The number of hydrogen-bond donors (Lipinski definition) is 1. The molecule has 1 amide bonds. The zero-order valence-corrected chi connectivity index (χ0v) is 15.4. The van der Waals surface area contributed by atoms with Crippen LogP contribution >= 0.6 is 0 Å². The maximum Gasteiger partial charge on any atom is 0.273 e. The molecule has 5 heteroatoms. The van der Waals surface area contributed by atoms with Crippen molar-refractivity contribution in [3.8, 4) is 0 Å². The molecule has 2 fully saturated rings. The number of carbonyl (C=O) groups excluding carboxylic acids is 1. The van der Waals surface area contributed by atoms with Crippen molar-refractivity contribution in [2.75, 3.05) is 19.6 Å². The van der Waals surface area contributed by atoms with Gasteiger partial charge in [0.2, 0.25) is 0 Å². The van der Waals surface area contributed by atoms with Gasteiger partial charge in [0.15, 0.2) is 5.69 Å². The van der Waals surface area contributed by atoms with Crippen LogP contribution in [-0.4, -0.2) is 41.6 Å². The summed E-state index contributed by atoms with van der Waals surface area (Å²) >= 11 is 0. The maximum absolute atomic E-state index is 12.6. The van der Waals surface area contributed by atoms with Gasteiger partial charge in [0.1, 0.15) is 5.76 Å². The van der Waals surface area contributed by atoms with Gasteiger partial charge >= 0.3 is 0 Å². The molecule has 0 aromatic carbocycles. The van der Waals surface area contributed by atoms with Gasteiger partial charge in [-0.3, -0.25) is 4.79 Å². The van der Waals surface area contributed by atoms with E-state index in [9.17, 15) is 4.79 Å². The Morgan fingerprint density at radius 2 is 1.96 bits per heavy atom. The lowest BCUT2D eigenvalue weighted by Crippen LogP contribution is -2.42. The minimum Gasteiger partial charge on any atom is -0.360 e. The molecule has 1 aromatic rings. The predicted octanol–water partition coefficient (Wildman–Crippen LogP) is 3.18. The number of piperidine rings is 1. The first kappa shape index (κ1) is 17.1. The maximum atomic E-state index is 12.6. The SMILES string of the molecule is CC1CCc2onc(C(=O)NCC3CCN(C4CCCC4)CC3)c2C1. The molecule has 1 saturated carbocycles. The third kappa shape index (κ3) is 3.76. The Bertz CT molecular complexity index is 598. The fraction of sp³-hybridized carbons (Fsp3) is 0.800. The Morgan fingerprint density at radius 3 is 2.72 bits per heavy atom. The van der Waals surface area contributed by atoms with Crippen molar-refractivity contribution in [1.29, 1.82) is 0 Å². The second-order valence-corrected chi connectivity index (χ2v) is 8.41. The average Bonchev–Trinajstić information content (AvgIpc) is 3.29. The molecular formula is C20H31N3O2. The van der Waals surface area contributed by atoms with E-state index in [0.29, 0.717) is 17.5 Å². The van der Waals surface area contributed by atoms with Crippen LogP contribution in [0.2, 0.25) is 0 Å². The molecule has 3 aliphatic rings. The molecule has 2 heterocycles. The number of amides is 1. The molecule has 138 valence electrons. The van der Waals surface area contributed by atoms with E-state index < -0.39 is 0 Å². The molecular weight excluding hydrogens is 314 g/mol. The highest BCUT2D eigenvalue weighted by Gasteiger charge is 2.29. The molecule has 0 spiro atoms. The van der Waals surface area contributed by atoms with E-state index >= 15 is 0 Å². The first-order chi connectivity index (χ1) is 12.2. The normalized spacial score (nSPS) is 25.9. The van der Waals surface area contributed by atoms with Crippen molar-refractivity contribution >= 4 is 5.91 Å². The number of rotatable bonds is 4. The number of nitrogens with one attached hydrogen (secondary N) is 1. The van der Waals surface area contributed by atoms with E-state index in [1.165, 1.54) is 51.6 Å². The van der Waals surface area contributed by atoms with Crippen LogP contribution in [0.15, 0.2) is 4.52 Å². The highest BCUT2D eigenvalue weighted by atomic mass is 16.5. The summed E-state index contributed by atoms with van der Waals surface area (Å²) < 4.78 is 5.40. The minimum absolute atomic E-state index is 0.0441. The average molecular weight is 345 g/mol. The van der Waals surface area contributed by atoms with Gasteiger partial charge in [-0.1, -0.05) is 24.9 Å². The molecule has 0 radical (unpaired) electrons. The van der Waals surface area contributed by atoms with Crippen molar-refractivity contribution in [2.45, 2.75) is 70.8 Å². The molecule has 1 aliphatic heterocycles. The molecule has 25 heavy (non-hydrogen) atoms. The zero-order chi connectivity index (χ0) is 17.2. The van der Waals surface area contributed by atoms with Crippen LogP contribution < -0.4 is 5.32 Å². The number of fused-ring (bicyclic) bond motifs is 1. The highest BCUT2D eigenvalue weighted by molar-refractivity contribution is 5.93. The van der Waals surface area contributed by atoms with Crippen molar-refractivity contribution < 1.29 is 9.32 Å². The van der Waals surface area contributed by atoms with Gasteiger partial charge in [-0.25, -0.2) is 0 Å². The quantitative estimate of drug-likeness (QED) is 0.910. The van der Waals surface area contributed by atoms with Crippen LogP contribution in [0, 0.1) is 11.8 Å². The van der Waals surface area contributed by atoms with Gasteiger partial charge < -0.3 is 14.7 Å². The molecule has 1 aromatic heterocycles. The Kier molecular flexibility index (Phi) is 5.11. The Balaban J connectivity index is 1.26. The van der Waals surface area contributed by atoms with E-state index in [2.05, 4.69) is 22.3 Å². The number of nitrogens with zero attached hydrogens (tertiary/aromatic N) is 2. The Morgan fingerprint density at radius 1 is 1.20 bits per heavy atom. The van der Waals surface area contributed by atoms with Gasteiger partial charge in [0, 0.05) is 24.6 Å². The third-order valence-electron chi connectivity index (χ3n) is 6.54. The molecule has 1 N–H and O–H groups in total. The van der Waals surface area contributed by atoms with Crippen LogP contribution in [0.25, 0.3) is 0 Å². The molecule has 5 nitrogen and oxygen atoms in total. The van der Waals surface area contributed by atoms with Gasteiger partial charge in [-0.15, -0.1) is 0 Å². The Hall–Kier alpha value is -1.36. The summed E-state index contributed by atoms with van der Waals surface area (Å²) in [5, 5.41) is 7.19. The van der Waals surface area contributed by atoms with Gasteiger partial charge in [0.25, 0.3) is 5.91 Å². The van der Waals surface area contributed by atoms with Crippen LogP contribution in [0.1, 0.15) is 73.7 Å².